The van der Waals surface area contributed by atoms with E-state index in [0.717, 1.165) is 15.9 Å². The minimum Gasteiger partial charge on any atom is -0.453 e. The summed E-state index contributed by atoms with van der Waals surface area (Å²) in [5.74, 6) is -1.81. The fraction of sp³-hybridized carbons (Fsp3) is 0.348. The van der Waals surface area contributed by atoms with Crippen molar-refractivity contribution in [3.63, 3.8) is 0 Å². The van der Waals surface area contributed by atoms with Crippen LogP contribution in [0.5, 0.6) is 0 Å². The van der Waals surface area contributed by atoms with Crippen molar-refractivity contribution in [3.05, 3.63) is 155 Å². The first-order chi connectivity index (χ1) is 28.2. The minimum absolute atomic E-state index is 0.00383. The summed E-state index contributed by atoms with van der Waals surface area (Å²) in [6.45, 7) is 12.0. The Labute approximate surface area is 346 Å². The Bertz CT molecular complexity index is 2210. The number of aromatic nitrogens is 2. The van der Waals surface area contributed by atoms with E-state index < -0.39 is 56.3 Å². The lowest BCUT2D eigenvalue weighted by Crippen LogP contribution is -2.67. The number of hydrogen-bond acceptors (Lipinski definition) is 10. The van der Waals surface area contributed by atoms with E-state index in [1.807, 2.05) is 91.7 Å². The van der Waals surface area contributed by atoms with E-state index in [4.69, 9.17) is 23.5 Å². The van der Waals surface area contributed by atoms with E-state index in [1.165, 1.54) is 11.5 Å². The number of nitrogens with one attached hydrogen (secondary N) is 1. The van der Waals surface area contributed by atoms with Gasteiger partial charge in [-0.3, -0.25) is 14.2 Å². The maximum Gasteiger partial charge on any atom is 0.351 e. The van der Waals surface area contributed by atoms with Gasteiger partial charge in [-0.05, 0) is 53.0 Å². The van der Waals surface area contributed by atoms with Gasteiger partial charge in [0.1, 0.15) is 18.0 Å². The van der Waals surface area contributed by atoms with Crippen molar-refractivity contribution in [2.24, 2.45) is 0 Å². The Morgan fingerprint density at radius 1 is 0.864 bits per heavy atom. The second-order valence-electron chi connectivity index (χ2n) is 16.5. The van der Waals surface area contributed by atoms with E-state index >= 15 is 0 Å². The summed E-state index contributed by atoms with van der Waals surface area (Å²) in [6, 6.07) is 40.4. The topological polar surface area (TPSA) is 130 Å². The Hall–Kier alpha value is -5.28. The quantitative estimate of drug-likeness (QED) is 0.108. The first-order valence-electron chi connectivity index (χ1n) is 19.9. The molecule has 0 spiro atoms. The third-order valence-electron chi connectivity index (χ3n) is 10.8. The van der Waals surface area contributed by atoms with Crippen LogP contribution in [0.25, 0.3) is 0 Å². The fourth-order valence-electron chi connectivity index (χ4n) is 8.21. The summed E-state index contributed by atoms with van der Waals surface area (Å²) in [5, 5.41) is 6.18. The summed E-state index contributed by atoms with van der Waals surface area (Å²) < 4.78 is 28.9. The highest BCUT2D eigenvalue weighted by Gasteiger charge is 2.56. The molecule has 0 saturated carbocycles. The molecule has 0 bridgehead atoms. The van der Waals surface area contributed by atoms with Crippen LogP contribution in [0.2, 0.25) is 5.04 Å². The van der Waals surface area contributed by atoms with Crippen LogP contribution in [0.3, 0.4) is 0 Å². The van der Waals surface area contributed by atoms with Crippen LogP contribution >= 0.6 is 0 Å². The standard InChI is InChI=1S/C46H52N4O8Si/c1-32(51)47-39-27-28-49(44(53)48-39)40-29-37(50(58-40)30-33-19-11-7-12-20-33)41-42(57-46(5,6)56-41)38(55-43(52)34-21-13-8-14-22-34)31-54-59(45(2,3)4,35-23-15-9-16-24-35)36-25-17-10-18-26-36/h7-28,37-38,40-42H,29-31H2,1-6H3,(H,47,48,51,53)/t37-,38+,40+,41-,42-/m0/s1. The molecule has 7 rings (SSSR count). The molecule has 2 saturated heterocycles. The molecule has 13 heteroatoms. The molecule has 3 heterocycles. The van der Waals surface area contributed by atoms with Crippen molar-refractivity contribution in [2.75, 3.05) is 11.9 Å². The second-order valence-corrected chi connectivity index (χ2v) is 20.8. The number of carbonyl (C=O) groups excluding carboxylic acids is 2. The van der Waals surface area contributed by atoms with Crippen molar-refractivity contribution in [2.45, 2.75) is 95.9 Å². The molecule has 0 radical (unpaired) electrons. The smallest absolute Gasteiger partial charge is 0.351 e. The summed E-state index contributed by atoms with van der Waals surface area (Å²) in [7, 11) is -3.12. The second kappa shape index (κ2) is 17.5. The van der Waals surface area contributed by atoms with Crippen molar-refractivity contribution in [3.8, 4) is 0 Å². The SMILES string of the molecule is CC(=O)Nc1ccn([C@H]2C[C@@H]([C@@H]3OC(C)(C)O[C@H]3[C@@H](CO[Si](c3ccccc3)(c3ccccc3)C(C)(C)C)OC(=O)c3ccccc3)N(Cc3ccccc3)O2)c(=O)n1. The molecule has 4 aromatic carbocycles. The number of rotatable bonds is 13. The number of anilines is 1. The van der Waals surface area contributed by atoms with Crippen LogP contribution < -0.4 is 21.4 Å². The first kappa shape index (κ1) is 41.9. The van der Waals surface area contributed by atoms with E-state index in [1.54, 1.807) is 36.5 Å². The lowest BCUT2D eigenvalue weighted by molar-refractivity contribution is -0.209. The lowest BCUT2D eigenvalue weighted by Gasteiger charge is -2.44. The normalized spacial score (nSPS) is 21.2. The Morgan fingerprint density at radius 2 is 1.44 bits per heavy atom. The van der Waals surface area contributed by atoms with E-state index in [0.29, 0.717) is 18.5 Å². The predicted octanol–water partition coefficient (Wildman–Crippen LogP) is 6.23. The van der Waals surface area contributed by atoms with Crippen molar-refractivity contribution < 1.29 is 33.1 Å². The zero-order chi connectivity index (χ0) is 41.8. The highest BCUT2D eigenvalue weighted by atomic mass is 28.4. The monoisotopic (exact) mass is 816 g/mol. The third-order valence-corrected chi connectivity index (χ3v) is 15.8. The van der Waals surface area contributed by atoms with Gasteiger partial charge in [0.15, 0.2) is 18.1 Å². The van der Waals surface area contributed by atoms with Gasteiger partial charge in [0.25, 0.3) is 8.32 Å². The van der Waals surface area contributed by atoms with Crippen LogP contribution in [-0.4, -0.2) is 71.6 Å². The van der Waals surface area contributed by atoms with Crippen LogP contribution in [0.1, 0.15) is 70.1 Å². The zero-order valence-corrected chi connectivity index (χ0v) is 35.3. The van der Waals surface area contributed by atoms with Gasteiger partial charge in [-0.25, -0.2) is 9.59 Å². The molecular weight excluding hydrogens is 765 g/mol. The molecular formula is C46H52N4O8Si. The first-order valence-corrected chi connectivity index (χ1v) is 21.9. The molecule has 2 aliphatic heterocycles. The number of amides is 1. The summed E-state index contributed by atoms with van der Waals surface area (Å²) in [6.07, 6.45) is -1.43. The summed E-state index contributed by atoms with van der Waals surface area (Å²) in [5.41, 5.74) is 0.777. The summed E-state index contributed by atoms with van der Waals surface area (Å²) in [4.78, 5) is 49.9. The van der Waals surface area contributed by atoms with Gasteiger partial charge in [0.2, 0.25) is 5.91 Å². The lowest BCUT2D eigenvalue weighted by atomic mass is 9.98. The Morgan fingerprint density at radius 3 is 2.00 bits per heavy atom. The van der Waals surface area contributed by atoms with E-state index in [-0.39, 0.29) is 23.4 Å². The minimum atomic E-state index is -3.12. The number of esters is 1. The number of nitrogens with zero attached hydrogens (tertiary/aromatic N) is 3. The molecule has 2 fully saturated rings. The van der Waals surface area contributed by atoms with Gasteiger partial charge in [-0.15, -0.1) is 0 Å². The molecule has 59 heavy (non-hydrogen) atoms. The third kappa shape index (κ3) is 9.31. The van der Waals surface area contributed by atoms with Crippen molar-refractivity contribution >= 4 is 36.4 Å². The molecule has 1 aromatic heterocycles. The van der Waals surface area contributed by atoms with Gasteiger partial charge in [0.05, 0.1) is 18.2 Å². The molecule has 12 nitrogen and oxygen atoms in total. The van der Waals surface area contributed by atoms with Gasteiger partial charge in [-0.1, -0.05) is 130 Å². The molecule has 308 valence electrons. The Balaban J connectivity index is 1.29. The van der Waals surface area contributed by atoms with Gasteiger partial charge in [-0.2, -0.15) is 10.0 Å². The van der Waals surface area contributed by atoms with Crippen LogP contribution in [-0.2, 0) is 34.8 Å². The molecule has 5 aromatic rings. The molecule has 5 atom stereocenters. The Kier molecular flexibility index (Phi) is 12.4. The van der Waals surface area contributed by atoms with E-state index in [9.17, 15) is 14.4 Å². The number of hydrogen-bond donors (Lipinski definition) is 1. The molecule has 0 aliphatic carbocycles. The van der Waals surface area contributed by atoms with Crippen LogP contribution in [0.4, 0.5) is 5.82 Å². The van der Waals surface area contributed by atoms with Gasteiger partial charge < -0.3 is 24.0 Å². The average Bonchev–Trinajstić information content (AvgIpc) is 3.77. The number of carbonyl (C=O) groups is 2. The largest absolute Gasteiger partial charge is 0.453 e. The predicted molar refractivity (Wildman–Crippen MR) is 226 cm³/mol. The van der Waals surface area contributed by atoms with Crippen LogP contribution in [0.15, 0.2) is 138 Å². The average molecular weight is 817 g/mol. The van der Waals surface area contributed by atoms with E-state index in [2.05, 4.69) is 55.3 Å². The highest BCUT2D eigenvalue weighted by Crippen LogP contribution is 2.42. The number of hydroxylamine groups is 2. The van der Waals surface area contributed by atoms with Crippen LogP contribution in [0, 0.1) is 0 Å². The molecule has 1 N–H and O–H groups in total. The van der Waals surface area contributed by atoms with Gasteiger partial charge in [0, 0.05) is 26.1 Å². The highest BCUT2D eigenvalue weighted by molar-refractivity contribution is 6.99. The molecule has 0 unspecified atom stereocenters. The zero-order valence-electron chi connectivity index (χ0n) is 34.3. The molecule has 2 aliphatic rings. The maximum absolute atomic E-state index is 14.1. The van der Waals surface area contributed by atoms with Crippen molar-refractivity contribution in [1.29, 1.82) is 0 Å². The van der Waals surface area contributed by atoms with Crippen molar-refractivity contribution in [1.82, 2.24) is 14.6 Å². The fourth-order valence-corrected chi connectivity index (χ4v) is 12.8. The number of benzene rings is 4. The molecule has 1 amide bonds. The number of ether oxygens (including phenoxy) is 3. The maximum atomic E-state index is 14.1. The summed E-state index contributed by atoms with van der Waals surface area (Å²) >= 11 is 0. The van der Waals surface area contributed by atoms with Gasteiger partial charge >= 0.3 is 11.7 Å².